The van der Waals surface area contributed by atoms with Gasteiger partial charge in [-0.2, -0.15) is 0 Å². The normalized spacial score (nSPS) is 19.6. The first-order chi connectivity index (χ1) is 7.91. The fourth-order valence-electron chi connectivity index (χ4n) is 1.61. The van der Waals surface area contributed by atoms with Crippen LogP contribution in [-0.2, 0) is 19.2 Å². The SMILES string of the molecule is CC(=O)CNC(=O)CCN1C(=O)CC(C)C1=O. The molecule has 3 amide bonds. The van der Waals surface area contributed by atoms with Crippen molar-refractivity contribution in [1.82, 2.24) is 10.2 Å². The number of carbonyl (C=O) groups excluding carboxylic acids is 4. The molecule has 0 bridgehead atoms. The number of nitrogens with one attached hydrogen (secondary N) is 1. The third-order valence-electron chi connectivity index (χ3n) is 2.57. The maximum absolute atomic E-state index is 11.5. The van der Waals surface area contributed by atoms with Crippen LogP contribution in [0.5, 0.6) is 0 Å². The third kappa shape index (κ3) is 3.65. The summed E-state index contributed by atoms with van der Waals surface area (Å²) in [7, 11) is 0. The summed E-state index contributed by atoms with van der Waals surface area (Å²) < 4.78 is 0. The van der Waals surface area contributed by atoms with Gasteiger partial charge >= 0.3 is 0 Å². The summed E-state index contributed by atoms with van der Waals surface area (Å²) in [5.74, 6) is -1.22. The van der Waals surface area contributed by atoms with Gasteiger partial charge in [0.2, 0.25) is 17.7 Å². The molecule has 94 valence electrons. The summed E-state index contributed by atoms with van der Waals surface area (Å²) in [4.78, 5) is 45.9. The van der Waals surface area contributed by atoms with Gasteiger partial charge in [0, 0.05) is 25.3 Å². The van der Waals surface area contributed by atoms with Crippen molar-refractivity contribution in [3.8, 4) is 0 Å². The van der Waals surface area contributed by atoms with Gasteiger partial charge in [0.25, 0.3) is 0 Å². The minimum atomic E-state index is -0.333. The highest BCUT2D eigenvalue weighted by Gasteiger charge is 2.35. The number of Topliss-reactive ketones (excluding diaryl/α,β-unsaturated/α-hetero) is 1. The maximum Gasteiger partial charge on any atom is 0.232 e. The summed E-state index contributed by atoms with van der Waals surface area (Å²) in [5, 5.41) is 2.41. The highest BCUT2D eigenvalue weighted by molar-refractivity contribution is 6.03. The molecule has 0 spiro atoms. The van der Waals surface area contributed by atoms with Crippen LogP contribution >= 0.6 is 0 Å². The monoisotopic (exact) mass is 240 g/mol. The standard InChI is InChI=1S/C11H16N2O4/c1-7-5-10(16)13(11(7)17)4-3-9(15)12-6-8(2)14/h7H,3-6H2,1-2H3,(H,12,15). The van der Waals surface area contributed by atoms with Crippen molar-refractivity contribution in [2.45, 2.75) is 26.7 Å². The molecular formula is C11H16N2O4. The van der Waals surface area contributed by atoms with Crippen LogP contribution in [0.25, 0.3) is 0 Å². The van der Waals surface area contributed by atoms with Crippen molar-refractivity contribution in [1.29, 1.82) is 0 Å². The molecule has 0 aromatic carbocycles. The Hall–Kier alpha value is -1.72. The fourth-order valence-corrected chi connectivity index (χ4v) is 1.61. The Kier molecular flexibility index (Phi) is 4.37. The van der Waals surface area contributed by atoms with Crippen molar-refractivity contribution in [3.05, 3.63) is 0 Å². The van der Waals surface area contributed by atoms with Crippen molar-refractivity contribution >= 4 is 23.5 Å². The van der Waals surface area contributed by atoms with Gasteiger partial charge in [0.1, 0.15) is 5.78 Å². The number of hydrogen-bond donors (Lipinski definition) is 1. The van der Waals surface area contributed by atoms with E-state index in [0.717, 1.165) is 4.90 Å². The maximum atomic E-state index is 11.5. The lowest BCUT2D eigenvalue weighted by Crippen LogP contribution is -2.36. The molecule has 6 heteroatoms. The molecule has 0 aromatic rings. The largest absolute Gasteiger partial charge is 0.349 e. The zero-order valence-corrected chi connectivity index (χ0v) is 9.99. The first-order valence-electron chi connectivity index (χ1n) is 5.52. The quantitative estimate of drug-likeness (QED) is 0.655. The molecule has 1 atom stereocenters. The second-order valence-corrected chi connectivity index (χ2v) is 4.22. The Morgan fingerprint density at radius 2 is 2.06 bits per heavy atom. The van der Waals surface area contributed by atoms with Crippen LogP contribution in [0, 0.1) is 5.92 Å². The van der Waals surface area contributed by atoms with Crippen molar-refractivity contribution in [2.24, 2.45) is 5.92 Å². The number of likely N-dealkylation sites (tertiary alicyclic amines) is 1. The average Bonchev–Trinajstić information content (AvgIpc) is 2.48. The van der Waals surface area contributed by atoms with Crippen LogP contribution in [0.2, 0.25) is 0 Å². The summed E-state index contributed by atoms with van der Waals surface area (Å²) in [6.07, 6.45) is 0.255. The first-order valence-corrected chi connectivity index (χ1v) is 5.52. The van der Waals surface area contributed by atoms with Crippen LogP contribution in [0.1, 0.15) is 26.7 Å². The molecule has 1 N–H and O–H groups in total. The molecule has 1 aliphatic rings. The number of imide groups is 1. The molecule has 6 nitrogen and oxygen atoms in total. The minimum absolute atomic E-state index is 0.0167. The smallest absolute Gasteiger partial charge is 0.232 e. The van der Waals surface area contributed by atoms with E-state index < -0.39 is 0 Å². The molecule has 0 aliphatic carbocycles. The number of carbonyl (C=O) groups is 4. The lowest BCUT2D eigenvalue weighted by molar-refractivity contribution is -0.139. The highest BCUT2D eigenvalue weighted by atomic mass is 16.2. The number of amides is 3. The predicted molar refractivity (Wildman–Crippen MR) is 58.8 cm³/mol. The lowest BCUT2D eigenvalue weighted by atomic mass is 10.1. The molecule has 1 aliphatic heterocycles. The average molecular weight is 240 g/mol. The van der Waals surface area contributed by atoms with Crippen LogP contribution < -0.4 is 5.32 Å². The minimum Gasteiger partial charge on any atom is -0.349 e. The summed E-state index contributed by atoms with van der Waals surface area (Å²) >= 11 is 0. The molecular weight excluding hydrogens is 224 g/mol. The Bertz CT molecular complexity index is 364. The zero-order valence-electron chi connectivity index (χ0n) is 9.99. The van der Waals surface area contributed by atoms with E-state index in [-0.39, 0.29) is 55.4 Å². The Labute approximate surface area is 99.3 Å². The van der Waals surface area contributed by atoms with Crippen LogP contribution in [0.4, 0.5) is 0 Å². The molecule has 1 unspecified atom stereocenters. The predicted octanol–water partition coefficient (Wildman–Crippen LogP) is -0.523. The van der Waals surface area contributed by atoms with E-state index in [1.165, 1.54) is 6.92 Å². The Morgan fingerprint density at radius 3 is 2.53 bits per heavy atom. The van der Waals surface area contributed by atoms with Gasteiger partial charge in [-0.25, -0.2) is 0 Å². The molecule has 0 saturated carbocycles. The molecule has 1 fully saturated rings. The molecule has 1 saturated heterocycles. The van der Waals surface area contributed by atoms with Crippen LogP contribution in [-0.4, -0.2) is 41.5 Å². The van der Waals surface area contributed by atoms with Crippen molar-refractivity contribution in [2.75, 3.05) is 13.1 Å². The summed E-state index contributed by atoms with van der Waals surface area (Å²) in [6.45, 7) is 3.13. The van der Waals surface area contributed by atoms with Gasteiger partial charge in [-0.05, 0) is 6.92 Å². The van der Waals surface area contributed by atoms with Gasteiger partial charge in [-0.15, -0.1) is 0 Å². The number of nitrogens with zero attached hydrogens (tertiary/aromatic N) is 1. The van der Waals surface area contributed by atoms with Crippen molar-refractivity contribution < 1.29 is 19.2 Å². The van der Waals surface area contributed by atoms with Gasteiger partial charge in [0.05, 0.1) is 6.54 Å². The first kappa shape index (κ1) is 13.3. The zero-order chi connectivity index (χ0) is 13.0. The van der Waals surface area contributed by atoms with Crippen LogP contribution in [0.15, 0.2) is 0 Å². The van der Waals surface area contributed by atoms with E-state index in [1.54, 1.807) is 6.92 Å². The van der Waals surface area contributed by atoms with E-state index in [4.69, 9.17) is 0 Å². The Morgan fingerprint density at radius 1 is 1.41 bits per heavy atom. The van der Waals surface area contributed by atoms with Gasteiger partial charge < -0.3 is 5.32 Å². The van der Waals surface area contributed by atoms with E-state index in [2.05, 4.69) is 5.32 Å². The Balaban J connectivity index is 2.35. The van der Waals surface area contributed by atoms with Gasteiger partial charge in [-0.3, -0.25) is 24.1 Å². The third-order valence-corrected chi connectivity index (χ3v) is 2.57. The number of hydrogen-bond acceptors (Lipinski definition) is 4. The second kappa shape index (κ2) is 5.56. The van der Waals surface area contributed by atoms with E-state index >= 15 is 0 Å². The van der Waals surface area contributed by atoms with E-state index in [1.807, 2.05) is 0 Å². The van der Waals surface area contributed by atoms with Crippen LogP contribution in [0.3, 0.4) is 0 Å². The lowest BCUT2D eigenvalue weighted by Gasteiger charge is -2.13. The molecule has 0 aromatic heterocycles. The van der Waals surface area contributed by atoms with Gasteiger partial charge in [0.15, 0.2) is 0 Å². The second-order valence-electron chi connectivity index (χ2n) is 4.22. The number of rotatable bonds is 5. The van der Waals surface area contributed by atoms with Gasteiger partial charge in [-0.1, -0.05) is 6.92 Å². The topological polar surface area (TPSA) is 83.6 Å². The number of ketones is 1. The highest BCUT2D eigenvalue weighted by Crippen LogP contribution is 2.18. The molecule has 17 heavy (non-hydrogen) atoms. The molecule has 0 radical (unpaired) electrons. The molecule has 1 rings (SSSR count). The summed E-state index contributed by atoms with van der Waals surface area (Å²) in [5.41, 5.74) is 0. The van der Waals surface area contributed by atoms with E-state index in [9.17, 15) is 19.2 Å². The molecule has 1 heterocycles. The fraction of sp³-hybridized carbons (Fsp3) is 0.636. The summed E-state index contributed by atoms with van der Waals surface area (Å²) in [6, 6.07) is 0. The van der Waals surface area contributed by atoms with Crippen molar-refractivity contribution in [3.63, 3.8) is 0 Å². The van der Waals surface area contributed by atoms with E-state index in [0.29, 0.717) is 0 Å².